The average Bonchev–Trinajstić information content (AvgIpc) is 2.91. The van der Waals surface area contributed by atoms with E-state index in [1.54, 1.807) is 25.2 Å². The van der Waals surface area contributed by atoms with E-state index in [-0.39, 0.29) is 18.2 Å². The number of methoxy groups -OCH3 is 2. The topological polar surface area (TPSA) is 67.9 Å². The van der Waals surface area contributed by atoms with Crippen LogP contribution in [0, 0.1) is 5.92 Å². The van der Waals surface area contributed by atoms with Crippen LogP contribution in [-0.4, -0.2) is 43.5 Å². The smallest absolute Gasteiger partial charge is 0.243 e. The van der Waals surface area contributed by atoms with Gasteiger partial charge < -0.3 is 19.7 Å². The molecule has 6 nitrogen and oxygen atoms in total. The van der Waals surface area contributed by atoms with Gasteiger partial charge in [-0.2, -0.15) is 0 Å². The van der Waals surface area contributed by atoms with Crippen LogP contribution in [0.5, 0.6) is 11.5 Å². The van der Waals surface area contributed by atoms with Crippen LogP contribution >= 0.6 is 0 Å². The van der Waals surface area contributed by atoms with Crippen LogP contribution in [0.1, 0.15) is 37.0 Å². The fourth-order valence-electron chi connectivity index (χ4n) is 4.20. The Balaban J connectivity index is 1.93. The van der Waals surface area contributed by atoms with Gasteiger partial charge in [-0.3, -0.25) is 9.59 Å². The van der Waals surface area contributed by atoms with Crippen LogP contribution in [0.3, 0.4) is 0 Å². The van der Waals surface area contributed by atoms with E-state index in [1.165, 1.54) is 0 Å². The highest BCUT2D eigenvalue weighted by molar-refractivity contribution is 5.88. The van der Waals surface area contributed by atoms with Gasteiger partial charge in [-0.15, -0.1) is 0 Å². The summed E-state index contributed by atoms with van der Waals surface area (Å²) in [5.41, 5.74) is 2.76. The van der Waals surface area contributed by atoms with E-state index >= 15 is 0 Å². The van der Waals surface area contributed by atoms with Crippen molar-refractivity contribution in [1.82, 2.24) is 10.2 Å². The Morgan fingerprint density at radius 1 is 0.811 bits per heavy atom. The third kappa shape index (κ3) is 8.38. The van der Waals surface area contributed by atoms with Gasteiger partial charge in [0.25, 0.3) is 0 Å². The van der Waals surface area contributed by atoms with E-state index in [0.717, 1.165) is 23.1 Å². The molecule has 0 bridgehead atoms. The molecule has 0 saturated heterocycles. The Bertz CT molecular complexity index is 1130. The summed E-state index contributed by atoms with van der Waals surface area (Å²) in [5, 5.41) is 3.08. The summed E-state index contributed by atoms with van der Waals surface area (Å²) >= 11 is 0. The van der Waals surface area contributed by atoms with Gasteiger partial charge in [0.2, 0.25) is 11.8 Å². The van der Waals surface area contributed by atoms with Crippen LogP contribution < -0.4 is 14.8 Å². The number of benzene rings is 3. The number of hydrogen-bond donors (Lipinski definition) is 1. The highest BCUT2D eigenvalue weighted by Gasteiger charge is 2.30. The lowest BCUT2D eigenvalue weighted by Crippen LogP contribution is -2.51. The number of nitrogens with one attached hydrogen (secondary N) is 1. The van der Waals surface area contributed by atoms with E-state index in [2.05, 4.69) is 19.2 Å². The van der Waals surface area contributed by atoms with Gasteiger partial charge in [0.1, 0.15) is 6.04 Å². The second-order valence-electron chi connectivity index (χ2n) is 9.55. The molecule has 0 radical (unpaired) electrons. The minimum atomic E-state index is -0.651. The lowest BCUT2D eigenvalue weighted by molar-refractivity contribution is -0.140. The minimum absolute atomic E-state index is 0.129. The van der Waals surface area contributed by atoms with E-state index in [0.29, 0.717) is 36.9 Å². The zero-order valence-electron chi connectivity index (χ0n) is 22.3. The monoisotopic (exact) mass is 502 g/mol. The largest absolute Gasteiger partial charge is 0.493 e. The number of carbonyl (C=O) groups is 2. The second-order valence-corrected chi connectivity index (χ2v) is 9.55. The highest BCUT2D eigenvalue weighted by atomic mass is 16.5. The summed E-state index contributed by atoms with van der Waals surface area (Å²) in [4.78, 5) is 29.1. The van der Waals surface area contributed by atoms with Crippen LogP contribution in [0.2, 0.25) is 0 Å². The Kier molecular flexibility index (Phi) is 10.6. The molecule has 37 heavy (non-hydrogen) atoms. The van der Waals surface area contributed by atoms with Crippen molar-refractivity contribution < 1.29 is 19.1 Å². The zero-order chi connectivity index (χ0) is 26.6. The number of nitrogens with zero attached hydrogens (tertiary/aromatic N) is 1. The molecular formula is C31H38N2O4. The minimum Gasteiger partial charge on any atom is -0.493 e. The van der Waals surface area contributed by atoms with Crippen LogP contribution in [-0.2, 0) is 29.0 Å². The van der Waals surface area contributed by atoms with Gasteiger partial charge in [0.05, 0.1) is 20.6 Å². The van der Waals surface area contributed by atoms with Gasteiger partial charge in [-0.05, 0) is 41.2 Å². The third-order valence-corrected chi connectivity index (χ3v) is 6.29. The average molecular weight is 503 g/mol. The Morgan fingerprint density at radius 3 is 2.03 bits per heavy atom. The maximum absolute atomic E-state index is 13.9. The number of amides is 2. The Labute approximate surface area is 220 Å². The van der Waals surface area contributed by atoms with Crippen LogP contribution in [0.15, 0.2) is 78.9 Å². The van der Waals surface area contributed by atoms with Crippen LogP contribution in [0.4, 0.5) is 0 Å². The summed E-state index contributed by atoms with van der Waals surface area (Å²) in [6.45, 7) is 5.16. The molecule has 1 N–H and O–H groups in total. The van der Waals surface area contributed by atoms with Gasteiger partial charge in [-0.1, -0.05) is 80.6 Å². The summed E-state index contributed by atoms with van der Waals surface area (Å²) in [5.74, 6) is 1.37. The zero-order valence-corrected chi connectivity index (χ0v) is 22.3. The van der Waals surface area contributed by atoms with E-state index in [4.69, 9.17) is 9.47 Å². The van der Waals surface area contributed by atoms with E-state index < -0.39 is 6.04 Å². The Hall–Kier alpha value is -3.80. The molecule has 0 spiro atoms. The van der Waals surface area contributed by atoms with Crippen molar-refractivity contribution in [3.05, 3.63) is 95.6 Å². The first-order valence-corrected chi connectivity index (χ1v) is 12.8. The van der Waals surface area contributed by atoms with Crippen molar-refractivity contribution >= 4 is 11.8 Å². The first-order valence-electron chi connectivity index (χ1n) is 12.8. The van der Waals surface area contributed by atoms with Gasteiger partial charge in [0.15, 0.2) is 11.5 Å². The lowest BCUT2D eigenvalue weighted by atomic mass is 10.0. The molecule has 0 heterocycles. The molecule has 0 fully saturated rings. The van der Waals surface area contributed by atoms with Gasteiger partial charge in [-0.25, -0.2) is 0 Å². The molecule has 3 aromatic rings. The number of ether oxygens (including phenoxy) is 2. The van der Waals surface area contributed by atoms with Crippen molar-refractivity contribution in [3.8, 4) is 11.5 Å². The van der Waals surface area contributed by atoms with Crippen molar-refractivity contribution in [1.29, 1.82) is 0 Å². The SMILES string of the molecule is COc1ccc(CC(=O)N(Cc2ccccc2)C(Cc2ccccc2)C(=O)NCCC(C)C)cc1OC. The third-order valence-electron chi connectivity index (χ3n) is 6.29. The summed E-state index contributed by atoms with van der Waals surface area (Å²) in [6.07, 6.45) is 1.44. The van der Waals surface area contributed by atoms with Crippen LogP contribution in [0.25, 0.3) is 0 Å². The first-order chi connectivity index (χ1) is 17.9. The molecule has 6 heteroatoms. The maximum Gasteiger partial charge on any atom is 0.243 e. The van der Waals surface area contributed by atoms with Crippen molar-refractivity contribution in [3.63, 3.8) is 0 Å². The molecular weight excluding hydrogens is 464 g/mol. The maximum atomic E-state index is 13.9. The molecule has 0 aromatic heterocycles. The quantitative estimate of drug-likeness (QED) is 0.355. The lowest BCUT2D eigenvalue weighted by Gasteiger charge is -2.32. The summed E-state index contributed by atoms with van der Waals surface area (Å²) < 4.78 is 10.8. The molecule has 1 atom stereocenters. The van der Waals surface area contributed by atoms with Crippen molar-refractivity contribution in [2.45, 2.75) is 45.7 Å². The predicted octanol–water partition coefficient (Wildman–Crippen LogP) is 5.05. The fourth-order valence-corrected chi connectivity index (χ4v) is 4.20. The molecule has 3 rings (SSSR count). The molecule has 0 aliphatic carbocycles. The first kappa shape index (κ1) is 27.8. The number of carbonyl (C=O) groups excluding carboxylic acids is 2. The van der Waals surface area contributed by atoms with Gasteiger partial charge in [0, 0.05) is 19.5 Å². The molecule has 1 unspecified atom stereocenters. The van der Waals surface area contributed by atoms with Crippen molar-refractivity contribution in [2.75, 3.05) is 20.8 Å². The van der Waals surface area contributed by atoms with Gasteiger partial charge >= 0.3 is 0 Å². The molecule has 196 valence electrons. The summed E-state index contributed by atoms with van der Waals surface area (Å²) in [6, 6.07) is 24.5. The molecule has 0 saturated carbocycles. The highest BCUT2D eigenvalue weighted by Crippen LogP contribution is 2.28. The van der Waals surface area contributed by atoms with Crippen molar-refractivity contribution in [2.24, 2.45) is 5.92 Å². The molecule has 3 aromatic carbocycles. The normalized spacial score (nSPS) is 11.6. The summed E-state index contributed by atoms with van der Waals surface area (Å²) in [7, 11) is 3.15. The number of hydrogen-bond acceptors (Lipinski definition) is 4. The van der Waals surface area contributed by atoms with E-state index in [9.17, 15) is 9.59 Å². The fraction of sp³-hybridized carbons (Fsp3) is 0.355. The Morgan fingerprint density at radius 2 is 1.43 bits per heavy atom. The predicted molar refractivity (Wildman–Crippen MR) is 147 cm³/mol. The number of rotatable bonds is 13. The second kappa shape index (κ2) is 14.1. The molecule has 0 aliphatic heterocycles. The standard InChI is InChI=1S/C31H38N2O4/c1-23(2)17-18-32-31(35)27(19-24-11-7-5-8-12-24)33(22-25-13-9-6-10-14-25)30(34)21-26-15-16-28(36-3)29(20-26)37-4/h5-16,20,23,27H,17-19,21-22H2,1-4H3,(H,32,35). The molecule has 0 aliphatic rings. The van der Waals surface area contributed by atoms with E-state index in [1.807, 2.05) is 72.8 Å². The molecule has 2 amide bonds.